The van der Waals surface area contributed by atoms with Crippen LogP contribution >= 0.6 is 0 Å². The van der Waals surface area contributed by atoms with Gasteiger partial charge in [-0.05, 0) is 32.1 Å². The Morgan fingerprint density at radius 2 is 2.00 bits per heavy atom. The minimum Gasteiger partial charge on any atom is -0.481 e. The van der Waals surface area contributed by atoms with Crippen LogP contribution < -0.4 is 0 Å². The van der Waals surface area contributed by atoms with Crippen LogP contribution in [-0.2, 0) is 9.59 Å². The zero-order valence-electron chi connectivity index (χ0n) is 9.40. The number of amides is 1. The monoisotopic (exact) mass is 213 g/mol. The Balaban J connectivity index is 2.55. The van der Waals surface area contributed by atoms with E-state index in [1.807, 2.05) is 0 Å². The molecule has 86 valence electrons. The van der Waals surface area contributed by atoms with Gasteiger partial charge in [-0.2, -0.15) is 0 Å². The lowest BCUT2D eigenvalue weighted by Gasteiger charge is -2.22. The van der Waals surface area contributed by atoms with E-state index < -0.39 is 11.9 Å². The first-order valence-electron chi connectivity index (χ1n) is 5.54. The highest BCUT2D eigenvalue weighted by molar-refractivity contribution is 5.96. The summed E-state index contributed by atoms with van der Waals surface area (Å²) in [6.45, 7) is 5.05. The van der Waals surface area contributed by atoms with Gasteiger partial charge < -0.3 is 10.0 Å². The molecule has 1 heterocycles. The number of hydrogen-bond acceptors (Lipinski definition) is 2. The maximum atomic E-state index is 11.7. The first-order valence-corrected chi connectivity index (χ1v) is 5.54. The molecule has 4 heteroatoms. The van der Waals surface area contributed by atoms with Gasteiger partial charge in [0.05, 0.1) is 0 Å². The third-order valence-corrected chi connectivity index (χ3v) is 3.07. The van der Waals surface area contributed by atoms with E-state index in [2.05, 4.69) is 6.92 Å². The van der Waals surface area contributed by atoms with Gasteiger partial charge in [0.1, 0.15) is 5.92 Å². The molecular formula is C11H19NO3. The lowest BCUT2D eigenvalue weighted by atomic mass is 10.0. The summed E-state index contributed by atoms with van der Waals surface area (Å²) in [6.07, 6.45) is 3.10. The molecule has 0 aromatic rings. The van der Waals surface area contributed by atoms with Crippen molar-refractivity contribution in [2.24, 2.45) is 11.8 Å². The first-order chi connectivity index (χ1) is 7.02. The predicted molar refractivity (Wildman–Crippen MR) is 56.4 cm³/mol. The molecule has 0 saturated carbocycles. The van der Waals surface area contributed by atoms with Crippen molar-refractivity contribution < 1.29 is 14.7 Å². The van der Waals surface area contributed by atoms with Crippen LogP contribution in [0.15, 0.2) is 0 Å². The molecule has 1 aliphatic rings. The average molecular weight is 213 g/mol. The van der Waals surface area contributed by atoms with Gasteiger partial charge in [0.15, 0.2) is 0 Å². The van der Waals surface area contributed by atoms with E-state index >= 15 is 0 Å². The fourth-order valence-electron chi connectivity index (χ4n) is 1.86. The number of carbonyl (C=O) groups excluding carboxylic acids is 1. The summed E-state index contributed by atoms with van der Waals surface area (Å²) in [5, 5.41) is 8.76. The first kappa shape index (κ1) is 12.0. The van der Waals surface area contributed by atoms with Gasteiger partial charge in [0.25, 0.3) is 0 Å². The Morgan fingerprint density at radius 3 is 2.60 bits per heavy atom. The maximum Gasteiger partial charge on any atom is 0.315 e. The average Bonchev–Trinajstić information content (AvgIpc) is 2.40. The molecule has 1 fully saturated rings. The summed E-state index contributed by atoms with van der Waals surface area (Å²) in [5.41, 5.74) is 0. The SMILES string of the molecule is CC1CCCN(C(=O)C(C)C(=O)O)CC1. The van der Waals surface area contributed by atoms with E-state index in [4.69, 9.17) is 5.11 Å². The molecular weight excluding hydrogens is 194 g/mol. The standard InChI is InChI=1S/C11H19NO3/c1-8-4-3-6-12(7-5-8)10(13)9(2)11(14)15/h8-9H,3-7H2,1-2H3,(H,14,15). The van der Waals surface area contributed by atoms with Crippen LogP contribution in [0.25, 0.3) is 0 Å². The lowest BCUT2D eigenvalue weighted by Crippen LogP contribution is -2.38. The van der Waals surface area contributed by atoms with Crippen molar-refractivity contribution in [2.75, 3.05) is 13.1 Å². The summed E-state index contributed by atoms with van der Waals surface area (Å²) in [4.78, 5) is 24.1. The van der Waals surface area contributed by atoms with Gasteiger partial charge in [-0.1, -0.05) is 6.92 Å². The Hall–Kier alpha value is -1.06. The van der Waals surface area contributed by atoms with Crippen LogP contribution in [0.5, 0.6) is 0 Å². The third kappa shape index (κ3) is 3.22. The molecule has 4 nitrogen and oxygen atoms in total. The molecule has 0 aliphatic carbocycles. The van der Waals surface area contributed by atoms with Crippen LogP contribution in [0.1, 0.15) is 33.1 Å². The van der Waals surface area contributed by atoms with Crippen molar-refractivity contribution in [1.82, 2.24) is 4.90 Å². The Kier molecular flexibility index (Phi) is 4.12. The molecule has 1 aliphatic heterocycles. The summed E-state index contributed by atoms with van der Waals surface area (Å²) < 4.78 is 0. The number of hydrogen-bond donors (Lipinski definition) is 1. The van der Waals surface area contributed by atoms with E-state index in [1.165, 1.54) is 6.92 Å². The fraction of sp³-hybridized carbons (Fsp3) is 0.818. The highest BCUT2D eigenvalue weighted by Gasteiger charge is 2.27. The number of carboxylic acids is 1. The van der Waals surface area contributed by atoms with Crippen molar-refractivity contribution >= 4 is 11.9 Å². The number of carbonyl (C=O) groups is 2. The summed E-state index contributed by atoms with van der Waals surface area (Å²) in [6, 6.07) is 0. The Bertz CT molecular complexity index is 252. The highest BCUT2D eigenvalue weighted by atomic mass is 16.4. The minimum atomic E-state index is -1.03. The van der Waals surface area contributed by atoms with Crippen molar-refractivity contribution in [1.29, 1.82) is 0 Å². The van der Waals surface area contributed by atoms with Crippen LogP contribution in [0.2, 0.25) is 0 Å². The smallest absolute Gasteiger partial charge is 0.315 e. The van der Waals surface area contributed by atoms with Crippen LogP contribution in [0.4, 0.5) is 0 Å². The van der Waals surface area contributed by atoms with E-state index in [1.54, 1.807) is 4.90 Å². The van der Waals surface area contributed by atoms with Gasteiger partial charge in [0, 0.05) is 13.1 Å². The maximum absolute atomic E-state index is 11.7. The zero-order valence-corrected chi connectivity index (χ0v) is 9.40. The molecule has 0 radical (unpaired) electrons. The van der Waals surface area contributed by atoms with E-state index in [-0.39, 0.29) is 5.91 Å². The van der Waals surface area contributed by atoms with E-state index in [0.29, 0.717) is 19.0 Å². The normalized spacial score (nSPS) is 24.4. The Morgan fingerprint density at radius 1 is 1.33 bits per heavy atom. The number of carboxylic acid groups (broad SMARTS) is 1. The molecule has 0 bridgehead atoms. The molecule has 0 aromatic heterocycles. The lowest BCUT2D eigenvalue weighted by molar-refractivity contribution is -0.150. The van der Waals surface area contributed by atoms with Crippen molar-refractivity contribution in [2.45, 2.75) is 33.1 Å². The summed E-state index contributed by atoms with van der Waals surface area (Å²) in [7, 11) is 0. The summed E-state index contributed by atoms with van der Waals surface area (Å²) in [5.74, 6) is -1.53. The molecule has 1 rings (SSSR count). The van der Waals surface area contributed by atoms with Crippen LogP contribution in [0, 0.1) is 11.8 Å². The molecule has 0 spiro atoms. The molecule has 1 N–H and O–H groups in total. The Labute approximate surface area is 90.3 Å². The second kappa shape index (κ2) is 5.14. The van der Waals surface area contributed by atoms with Gasteiger partial charge in [-0.3, -0.25) is 9.59 Å². The van der Waals surface area contributed by atoms with Crippen LogP contribution in [0.3, 0.4) is 0 Å². The topological polar surface area (TPSA) is 57.6 Å². The molecule has 2 atom stereocenters. The van der Waals surface area contributed by atoms with E-state index in [9.17, 15) is 9.59 Å². The zero-order chi connectivity index (χ0) is 11.4. The predicted octanol–water partition coefficient (Wildman–Crippen LogP) is 1.36. The number of likely N-dealkylation sites (tertiary alicyclic amines) is 1. The molecule has 1 amide bonds. The number of nitrogens with zero attached hydrogens (tertiary/aromatic N) is 1. The van der Waals surface area contributed by atoms with Gasteiger partial charge in [0.2, 0.25) is 5.91 Å². The molecule has 0 aromatic carbocycles. The molecule has 2 unspecified atom stereocenters. The quantitative estimate of drug-likeness (QED) is 0.704. The summed E-state index contributed by atoms with van der Waals surface area (Å²) >= 11 is 0. The highest BCUT2D eigenvalue weighted by Crippen LogP contribution is 2.17. The van der Waals surface area contributed by atoms with Crippen molar-refractivity contribution in [3.05, 3.63) is 0 Å². The second-order valence-corrected chi connectivity index (χ2v) is 4.42. The fourth-order valence-corrected chi connectivity index (χ4v) is 1.86. The molecule has 15 heavy (non-hydrogen) atoms. The largest absolute Gasteiger partial charge is 0.481 e. The van der Waals surface area contributed by atoms with E-state index in [0.717, 1.165) is 19.3 Å². The number of aliphatic carboxylic acids is 1. The third-order valence-electron chi connectivity index (χ3n) is 3.07. The van der Waals surface area contributed by atoms with Gasteiger partial charge in [-0.15, -0.1) is 0 Å². The van der Waals surface area contributed by atoms with Gasteiger partial charge in [-0.25, -0.2) is 0 Å². The van der Waals surface area contributed by atoms with Crippen molar-refractivity contribution in [3.8, 4) is 0 Å². The number of rotatable bonds is 2. The second-order valence-electron chi connectivity index (χ2n) is 4.42. The minimum absolute atomic E-state index is 0.239. The van der Waals surface area contributed by atoms with Crippen LogP contribution in [-0.4, -0.2) is 35.0 Å². The van der Waals surface area contributed by atoms with Gasteiger partial charge >= 0.3 is 5.97 Å². The van der Waals surface area contributed by atoms with Crippen molar-refractivity contribution in [3.63, 3.8) is 0 Å². The molecule has 1 saturated heterocycles.